The SMILES string of the molecule is COc1ccc(C(=O)NC(C(=O)NCC(C)(O)C(=O)O)c2ccccc2)cc1. The fourth-order valence-corrected chi connectivity index (χ4v) is 2.34. The van der Waals surface area contributed by atoms with Crippen LogP contribution in [0.3, 0.4) is 0 Å². The molecule has 148 valence electrons. The van der Waals surface area contributed by atoms with E-state index >= 15 is 0 Å². The third-order valence-electron chi connectivity index (χ3n) is 4.09. The Balaban J connectivity index is 2.18. The van der Waals surface area contributed by atoms with Gasteiger partial charge in [0.2, 0.25) is 5.91 Å². The van der Waals surface area contributed by atoms with Gasteiger partial charge < -0.3 is 25.6 Å². The van der Waals surface area contributed by atoms with Gasteiger partial charge >= 0.3 is 5.97 Å². The molecule has 2 aromatic carbocycles. The van der Waals surface area contributed by atoms with Crippen LogP contribution in [0.2, 0.25) is 0 Å². The minimum Gasteiger partial charge on any atom is -0.497 e. The number of nitrogens with one attached hydrogen (secondary N) is 2. The predicted molar refractivity (Wildman–Crippen MR) is 101 cm³/mol. The number of aliphatic carboxylic acids is 1. The van der Waals surface area contributed by atoms with Gasteiger partial charge in [-0.05, 0) is 36.8 Å². The van der Waals surface area contributed by atoms with Gasteiger partial charge in [0.25, 0.3) is 5.91 Å². The van der Waals surface area contributed by atoms with Crippen LogP contribution in [-0.4, -0.2) is 47.3 Å². The van der Waals surface area contributed by atoms with Crippen molar-refractivity contribution in [2.75, 3.05) is 13.7 Å². The number of carbonyl (C=O) groups excluding carboxylic acids is 2. The number of methoxy groups -OCH3 is 1. The fraction of sp³-hybridized carbons (Fsp3) is 0.250. The van der Waals surface area contributed by atoms with Crippen molar-refractivity contribution in [1.82, 2.24) is 10.6 Å². The van der Waals surface area contributed by atoms with E-state index in [9.17, 15) is 19.5 Å². The minimum atomic E-state index is -2.13. The van der Waals surface area contributed by atoms with Crippen LogP contribution in [0.25, 0.3) is 0 Å². The maximum absolute atomic E-state index is 12.6. The van der Waals surface area contributed by atoms with Crippen LogP contribution in [0.1, 0.15) is 28.9 Å². The average molecular weight is 386 g/mol. The Morgan fingerprint density at radius 3 is 2.21 bits per heavy atom. The number of carboxylic acid groups (broad SMARTS) is 1. The maximum Gasteiger partial charge on any atom is 0.337 e. The summed E-state index contributed by atoms with van der Waals surface area (Å²) in [5, 5.41) is 23.8. The van der Waals surface area contributed by atoms with Crippen LogP contribution in [0, 0.1) is 0 Å². The minimum absolute atomic E-state index is 0.326. The van der Waals surface area contributed by atoms with Crippen molar-refractivity contribution >= 4 is 17.8 Å². The lowest BCUT2D eigenvalue weighted by Crippen LogP contribution is -2.49. The van der Waals surface area contributed by atoms with E-state index in [2.05, 4.69) is 10.6 Å². The summed E-state index contributed by atoms with van der Waals surface area (Å²) in [5.41, 5.74) is -1.29. The van der Waals surface area contributed by atoms with E-state index in [4.69, 9.17) is 9.84 Å². The highest BCUT2D eigenvalue weighted by Gasteiger charge is 2.32. The van der Waals surface area contributed by atoms with E-state index in [1.54, 1.807) is 54.6 Å². The molecule has 2 aromatic rings. The molecule has 0 spiro atoms. The summed E-state index contributed by atoms with van der Waals surface area (Å²) in [4.78, 5) is 36.2. The number of hydrogen-bond acceptors (Lipinski definition) is 5. The molecule has 0 saturated heterocycles. The molecule has 8 nitrogen and oxygen atoms in total. The van der Waals surface area contributed by atoms with Gasteiger partial charge in [-0.3, -0.25) is 9.59 Å². The summed E-state index contributed by atoms with van der Waals surface area (Å²) in [5.74, 6) is -2.01. The number of carbonyl (C=O) groups is 3. The molecule has 2 amide bonds. The second-order valence-corrected chi connectivity index (χ2v) is 6.34. The first-order chi connectivity index (χ1) is 13.2. The monoisotopic (exact) mass is 386 g/mol. The zero-order chi connectivity index (χ0) is 20.7. The van der Waals surface area contributed by atoms with Gasteiger partial charge in [-0.2, -0.15) is 0 Å². The molecule has 2 rings (SSSR count). The largest absolute Gasteiger partial charge is 0.497 e. The van der Waals surface area contributed by atoms with Crippen molar-refractivity contribution in [1.29, 1.82) is 0 Å². The summed E-state index contributed by atoms with van der Waals surface area (Å²) in [6.45, 7) is 0.561. The molecule has 0 heterocycles. The normalized spacial score (nSPS) is 13.7. The highest BCUT2D eigenvalue weighted by Crippen LogP contribution is 2.16. The van der Waals surface area contributed by atoms with Crippen molar-refractivity contribution in [2.24, 2.45) is 0 Å². The standard InChI is InChI=1S/C20H22N2O6/c1-20(27,19(25)26)12-21-18(24)16(13-6-4-3-5-7-13)22-17(23)14-8-10-15(28-2)11-9-14/h3-11,16,27H,12H2,1-2H3,(H,21,24)(H,22,23)(H,25,26). The van der Waals surface area contributed by atoms with E-state index in [0.717, 1.165) is 6.92 Å². The van der Waals surface area contributed by atoms with Crippen LogP contribution in [0.15, 0.2) is 54.6 Å². The van der Waals surface area contributed by atoms with E-state index in [0.29, 0.717) is 16.9 Å². The zero-order valence-electron chi connectivity index (χ0n) is 15.5. The Morgan fingerprint density at radius 1 is 1.07 bits per heavy atom. The second kappa shape index (κ2) is 9.01. The zero-order valence-corrected chi connectivity index (χ0v) is 15.5. The van der Waals surface area contributed by atoms with Crippen molar-refractivity contribution in [3.8, 4) is 5.75 Å². The van der Waals surface area contributed by atoms with Crippen molar-refractivity contribution < 1.29 is 29.3 Å². The summed E-state index contributed by atoms with van der Waals surface area (Å²) in [6.07, 6.45) is 0. The number of aliphatic hydroxyl groups is 1. The summed E-state index contributed by atoms with van der Waals surface area (Å²) in [7, 11) is 1.51. The molecule has 0 aliphatic rings. The van der Waals surface area contributed by atoms with Crippen LogP contribution in [0.5, 0.6) is 5.75 Å². The van der Waals surface area contributed by atoms with Gasteiger partial charge in [-0.25, -0.2) is 4.79 Å². The van der Waals surface area contributed by atoms with Gasteiger partial charge in [-0.15, -0.1) is 0 Å². The lowest BCUT2D eigenvalue weighted by molar-refractivity contribution is -0.156. The Morgan fingerprint density at radius 2 is 1.68 bits per heavy atom. The molecular weight excluding hydrogens is 364 g/mol. The van der Waals surface area contributed by atoms with Crippen LogP contribution < -0.4 is 15.4 Å². The fourth-order valence-electron chi connectivity index (χ4n) is 2.34. The maximum atomic E-state index is 12.6. The molecule has 0 aliphatic heterocycles. The van der Waals surface area contributed by atoms with Gasteiger partial charge in [0.1, 0.15) is 11.8 Å². The Hall–Kier alpha value is -3.39. The van der Waals surface area contributed by atoms with Gasteiger partial charge in [0.15, 0.2) is 5.60 Å². The van der Waals surface area contributed by atoms with Crippen molar-refractivity contribution in [3.63, 3.8) is 0 Å². The molecule has 8 heteroatoms. The number of hydrogen-bond donors (Lipinski definition) is 4. The molecule has 0 aliphatic carbocycles. The van der Waals surface area contributed by atoms with Gasteiger partial charge in [0, 0.05) is 5.56 Å². The first-order valence-corrected chi connectivity index (χ1v) is 8.48. The molecule has 0 aromatic heterocycles. The molecule has 0 fully saturated rings. The molecule has 4 N–H and O–H groups in total. The Labute approximate surface area is 162 Å². The van der Waals surface area contributed by atoms with E-state index in [1.165, 1.54) is 7.11 Å². The predicted octanol–water partition coefficient (Wildman–Crippen LogP) is 1.12. The summed E-state index contributed by atoms with van der Waals surface area (Å²) in [6, 6.07) is 13.8. The number of ether oxygens (including phenoxy) is 1. The van der Waals surface area contributed by atoms with E-state index < -0.39 is 36.0 Å². The van der Waals surface area contributed by atoms with Crippen molar-refractivity contribution in [2.45, 2.75) is 18.6 Å². The quantitative estimate of drug-likeness (QED) is 0.539. The average Bonchev–Trinajstić information content (AvgIpc) is 2.70. The molecule has 0 bridgehead atoms. The summed E-state index contributed by atoms with van der Waals surface area (Å²) < 4.78 is 5.05. The van der Waals surface area contributed by atoms with Gasteiger partial charge in [0.05, 0.1) is 13.7 Å². The third kappa shape index (κ3) is 5.31. The first kappa shape index (κ1) is 20.9. The van der Waals surface area contributed by atoms with Crippen LogP contribution in [-0.2, 0) is 9.59 Å². The van der Waals surface area contributed by atoms with E-state index in [1.807, 2.05) is 0 Å². The molecule has 0 saturated carbocycles. The van der Waals surface area contributed by atoms with Crippen LogP contribution >= 0.6 is 0 Å². The number of benzene rings is 2. The molecular formula is C20H22N2O6. The lowest BCUT2D eigenvalue weighted by Gasteiger charge is -2.22. The number of amides is 2. The molecule has 2 atom stereocenters. The van der Waals surface area contributed by atoms with Crippen LogP contribution in [0.4, 0.5) is 0 Å². The number of rotatable bonds is 8. The molecule has 0 radical (unpaired) electrons. The molecule has 2 unspecified atom stereocenters. The Bertz CT molecular complexity index is 834. The third-order valence-corrected chi connectivity index (χ3v) is 4.09. The van der Waals surface area contributed by atoms with Crippen molar-refractivity contribution in [3.05, 3.63) is 65.7 Å². The lowest BCUT2D eigenvalue weighted by atomic mass is 10.0. The first-order valence-electron chi connectivity index (χ1n) is 8.48. The highest BCUT2D eigenvalue weighted by atomic mass is 16.5. The Kier molecular flexibility index (Phi) is 6.73. The molecule has 28 heavy (non-hydrogen) atoms. The van der Waals surface area contributed by atoms with Gasteiger partial charge in [-0.1, -0.05) is 30.3 Å². The topological polar surface area (TPSA) is 125 Å². The van der Waals surface area contributed by atoms with E-state index in [-0.39, 0.29) is 0 Å². The summed E-state index contributed by atoms with van der Waals surface area (Å²) >= 11 is 0. The smallest absolute Gasteiger partial charge is 0.337 e. The number of carboxylic acids is 1. The second-order valence-electron chi connectivity index (χ2n) is 6.34. The highest BCUT2D eigenvalue weighted by molar-refractivity contribution is 5.98.